The average molecular weight is 1020 g/mol. The minimum atomic E-state index is -0.355. The number of halogens is 2. The van der Waals surface area contributed by atoms with Crippen LogP contribution in [0.5, 0.6) is 0 Å². The fraction of sp³-hybridized carbons (Fsp3) is 0.385. The van der Waals surface area contributed by atoms with Gasteiger partial charge >= 0.3 is 0 Å². The van der Waals surface area contributed by atoms with Crippen LogP contribution in [0.25, 0.3) is 0 Å². The van der Waals surface area contributed by atoms with Crippen LogP contribution in [0, 0.1) is 0 Å². The van der Waals surface area contributed by atoms with Crippen molar-refractivity contribution >= 4 is 92.7 Å². The smallest absolute Gasteiger partial charge is 0.225 e. The van der Waals surface area contributed by atoms with Gasteiger partial charge in [-0.15, -0.1) is 23.2 Å². The molecule has 8 N–H and O–H groups in total. The SMILES string of the molecule is C1CNCCN1.O=C(CCCl)Nc1ccc2c(c1)C(=O)c1cc(NC(=O)CCCl)ccc1C2=O.O=C(CCN1CCNCC1)Nc1ccc2c(c1)C(=O)c1cc(NC(=O)CCN3CCNCC3)ccc1C2=O. The zero-order valence-corrected chi connectivity index (χ0v) is 41.5. The first kappa shape index (κ1) is 53.6. The number of ketones is 4. The summed E-state index contributed by atoms with van der Waals surface area (Å²) in [6.45, 7) is 13.3. The van der Waals surface area contributed by atoms with Crippen molar-refractivity contribution in [1.29, 1.82) is 0 Å². The summed E-state index contributed by atoms with van der Waals surface area (Å²) in [4.78, 5) is 105. The lowest BCUT2D eigenvalue weighted by atomic mass is 9.83. The Balaban J connectivity index is 0.000000196. The number of amides is 4. The topological polar surface area (TPSA) is 239 Å². The van der Waals surface area contributed by atoms with Crippen LogP contribution in [0.15, 0.2) is 72.8 Å². The van der Waals surface area contributed by atoms with Crippen LogP contribution in [-0.4, -0.2) is 160 Å². The van der Waals surface area contributed by atoms with E-state index in [1.807, 2.05) is 0 Å². The number of nitrogens with zero attached hydrogens (tertiary/aromatic N) is 2. The Bertz CT molecular complexity index is 2510. The van der Waals surface area contributed by atoms with Crippen LogP contribution >= 0.6 is 23.2 Å². The van der Waals surface area contributed by atoms with Crippen LogP contribution in [0.1, 0.15) is 89.4 Å². The molecule has 0 bridgehead atoms. The van der Waals surface area contributed by atoms with Crippen molar-refractivity contribution in [3.63, 3.8) is 0 Å². The molecule has 3 saturated heterocycles. The predicted octanol–water partition coefficient (Wildman–Crippen LogP) is 3.71. The first-order chi connectivity index (χ1) is 34.9. The second-order valence-corrected chi connectivity index (χ2v) is 18.4. The van der Waals surface area contributed by atoms with Gasteiger partial charge in [-0.05, 0) is 72.8 Å². The lowest BCUT2D eigenvalue weighted by Gasteiger charge is -2.26. The molecule has 4 aromatic rings. The molecule has 0 atom stereocenters. The molecule has 18 nitrogen and oxygen atoms in total. The zero-order chi connectivity index (χ0) is 51.0. The molecule has 0 saturated carbocycles. The Kier molecular flexibility index (Phi) is 19.7. The summed E-state index contributed by atoms with van der Waals surface area (Å²) < 4.78 is 0. The van der Waals surface area contributed by atoms with Crippen molar-refractivity contribution in [2.24, 2.45) is 0 Å². The summed E-state index contributed by atoms with van der Waals surface area (Å²) >= 11 is 11.1. The molecule has 0 radical (unpaired) electrons. The molecule has 3 aliphatic heterocycles. The monoisotopic (exact) mass is 1020 g/mol. The average Bonchev–Trinajstić information content (AvgIpc) is 3.40. The van der Waals surface area contributed by atoms with E-state index >= 15 is 0 Å². The molecule has 3 fully saturated rings. The van der Waals surface area contributed by atoms with Crippen LogP contribution in [0.4, 0.5) is 22.7 Å². The van der Waals surface area contributed by atoms with Gasteiger partial charge in [-0.1, -0.05) is 0 Å². The Morgan fingerprint density at radius 3 is 0.889 bits per heavy atom. The summed E-state index contributed by atoms with van der Waals surface area (Å²) in [5, 5.41) is 24.0. The third-order valence-corrected chi connectivity index (χ3v) is 12.9. The molecule has 5 aliphatic rings. The van der Waals surface area contributed by atoms with Gasteiger partial charge in [0.2, 0.25) is 23.6 Å². The lowest BCUT2D eigenvalue weighted by molar-refractivity contribution is -0.117. The first-order valence-corrected chi connectivity index (χ1v) is 25.3. The molecular weight excluding hydrogens is 964 g/mol. The van der Waals surface area contributed by atoms with E-state index in [1.165, 1.54) is 24.3 Å². The number of carbonyl (C=O) groups is 8. The van der Waals surface area contributed by atoms with Crippen molar-refractivity contribution in [3.8, 4) is 0 Å². The molecule has 72 heavy (non-hydrogen) atoms. The Labute approximate surface area is 428 Å². The standard InChI is InChI=1S/C28H34N6O4.C20H16Cl2N2O4.C4H10N2/c35-25(5-11-33-13-7-29-8-14-33)31-19-1-3-21-23(17-19)28(38)24-18-20(2-4-22(24)27(21)37)32-26(36)6-12-34-15-9-30-10-16-34;21-7-5-17(25)23-11-1-3-13-15(9-11)20(28)16-10-12(24-18(26)6-8-22)2-4-14(16)19(13)27;1-2-6-4-3-5-1/h1-4,17-18,29-30H,5-16H2,(H,31,35)(H,32,36);1-4,9-10H,5-8H2,(H,23,25)(H,24,26);5-6H,1-4H2. The van der Waals surface area contributed by atoms with Crippen molar-refractivity contribution in [1.82, 2.24) is 31.1 Å². The highest BCUT2D eigenvalue weighted by molar-refractivity contribution is 6.30. The van der Waals surface area contributed by atoms with E-state index < -0.39 is 0 Å². The van der Waals surface area contributed by atoms with Crippen molar-refractivity contribution in [2.75, 3.05) is 125 Å². The Morgan fingerprint density at radius 2 is 0.625 bits per heavy atom. The number of nitrogens with one attached hydrogen (secondary N) is 8. The van der Waals surface area contributed by atoms with E-state index in [2.05, 4.69) is 52.3 Å². The highest BCUT2D eigenvalue weighted by atomic mass is 35.5. The maximum Gasteiger partial charge on any atom is 0.225 e. The molecule has 20 heteroatoms. The number of fused-ring (bicyclic) bond motifs is 4. The number of alkyl halides is 2. The molecule has 3 heterocycles. The van der Waals surface area contributed by atoms with E-state index in [-0.39, 0.29) is 105 Å². The second-order valence-electron chi connectivity index (χ2n) is 17.6. The van der Waals surface area contributed by atoms with E-state index in [9.17, 15) is 38.4 Å². The quantitative estimate of drug-likeness (QED) is 0.0727. The molecule has 9 rings (SSSR count). The molecule has 0 spiro atoms. The number of rotatable bonds is 14. The number of hydrogen-bond acceptors (Lipinski definition) is 14. The van der Waals surface area contributed by atoms with Gasteiger partial charge < -0.3 is 52.3 Å². The molecule has 0 unspecified atom stereocenters. The summed E-state index contributed by atoms with van der Waals surface area (Å²) in [5.74, 6) is -1.67. The van der Waals surface area contributed by atoms with Gasteiger partial charge in [-0.3, -0.25) is 38.4 Å². The number of carbonyl (C=O) groups excluding carboxylic acids is 8. The van der Waals surface area contributed by atoms with Gasteiger partial charge in [-0.2, -0.15) is 0 Å². The largest absolute Gasteiger partial charge is 0.326 e. The third-order valence-electron chi connectivity index (χ3n) is 12.5. The molecule has 2 aliphatic carbocycles. The maximum atomic E-state index is 13.4. The molecule has 380 valence electrons. The van der Waals surface area contributed by atoms with Gasteiger partial charge in [0.1, 0.15) is 0 Å². The number of benzene rings is 4. The van der Waals surface area contributed by atoms with Crippen molar-refractivity contribution in [3.05, 3.63) is 117 Å². The van der Waals surface area contributed by atoms with Crippen LogP contribution < -0.4 is 42.5 Å². The fourth-order valence-electron chi connectivity index (χ4n) is 8.67. The zero-order valence-electron chi connectivity index (χ0n) is 40.0. The normalized spacial score (nSPS) is 16.2. The number of piperazine rings is 3. The highest BCUT2D eigenvalue weighted by Gasteiger charge is 2.32. The molecular formula is C52H60Cl2N10O8. The van der Waals surface area contributed by atoms with Gasteiger partial charge in [0, 0.05) is 196 Å². The third kappa shape index (κ3) is 14.5. The molecule has 4 aromatic carbocycles. The van der Waals surface area contributed by atoms with E-state index in [1.54, 1.807) is 48.5 Å². The van der Waals surface area contributed by atoms with E-state index in [4.69, 9.17) is 23.2 Å². The number of hydrogen-bond donors (Lipinski definition) is 8. The minimum Gasteiger partial charge on any atom is -0.326 e. The Hall–Kier alpha value is -6.22. The van der Waals surface area contributed by atoms with Gasteiger partial charge in [0.05, 0.1) is 0 Å². The summed E-state index contributed by atoms with van der Waals surface area (Å²) in [7, 11) is 0. The van der Waals surface area contributed by atoms with E-state index in [0.717, 1.165) is 78.5 Å². The fourth-order valence-corrected chi connectivity index (χ4v) is 9.01. The van der Waals surface area contributed by atoms with Crippen LogP contribution in [0.3, 0.4) is 0 Å². The van der Waals surface area contributed by atoms with Crippen LogP contribution in [0.2, 0.25) is 0 Å². The van der Waals surface area contributed by atoms with Crippen molar-refractivity contribution < 1.29 is 38.4 Å². The van der Waals surface area contributed by atoms with Gasteiger partial charge in [0.25, 0.3) is 0 Å². The first-order valence-electron chi connectivity index (χ1n) is 24.3. The highest BCUT2D eigenvalue weighted by Crippen LogP contribution is 2.33. The minimum absolute atomic E-state index is 0.135. The second kappa shape index (κ2) is 26.5. The Morgan fingerprint density at radius 1 is 0.375 bits per heavy atom. The van der Waals surface area contributed by atoms with Gasteiger partial charge in [-0.25, -0.2) is 0 Å². The molecule has 0 aromatic heterocycles. The van der Waals surface area contributed by atoms with Crippen molar-refractivity contribution in [2.45, 2.75) is 25.7 Å². The van der Waals surface area contributed by atoms with Gasteiger partial charge in [0.15, 0.2) is 23.1 Å². The summed E-state index contributed by atoms with van der Waals surface area (Å²) in [5.41, 5.74) is 3.86. The summed E-state index contributed by atoms with van der Waals surface area (Å²) in [6, 6.07) is 18.8. The predicted molar refractivity (Wildman–Crippen MR) is 278 cm³/mol. The van der Waals surface area contributed by atoms with E-state index in [0.29, 0.717) is 59.8 Å². The molecule has 4 amide bonds. The van der Waals surface area contributed by atoms with Crippen LogP contribution in [-0.2, 0) is 19.2 Å². The maximum absolute atomic E-state index is 13.4. The number of anilines is 4. The lowest BCUT2D eigenvalue weighted by Crippen LogP contribution is -2.44. The summed E-state index contributed by atoms with van der Waals surface area (Å²) in [6.07, 6.45) is 0.981.